The molecule has 0 N–H and O–H groups in total. The summed E-state index contributed by atoms with van der Waals surface area (Å²) in [7, 11) is 0. The maximum atomic E-state index is 12.3. The van der Waals surface area contributed by atoms with E-state index < -0.39 is 0 Å². The molecule has 0 aliphatic carbocycles. The van der Waals surface area contributed by atoms with Crippen molar-refractivity contribution in [1.29, 1.82) is 0 Å². The topological polar surface area (TPSA) is 63.9 Å². The van der Waals surface area contributed by atoms with Gasteiger partial charge in [-0.1, -0.05) is 23.5 Å². The fourth-order valence-electron chi connectivity index (χ4n) is 3.04. The van der Waals surface area contributed by atoms with Crippen molar-refractivity contribution in [2.24, 2.45) is 4.99 Å². The molecule has 27 heavy (non-hydrogen) atoms. The number of rotatable bonds is 8. The van der Waals surface area contributed by atoms with Crippen molar-refractivity contribution in [2.75, 3.05) is 37.8 Å². The van der Waals surface area contributed by atoms with Crippen LogP contribution in [0.3, 0.4) is 0 Å². The molecule has 3 rings (SSSR count). The van der Waals surface area contributed by atoms with Gasteiger partial charge in [0, 0.05) is 26.2 Å². The molecule has 1 aliphatic heterocycles. The molecule has 8 heteroatoms. The lowest BCUT2D eigenvalue weighted by Crippen LogP contribution is -2.29. The first-order valence-corrected chi connectivity index (χ1v) is 11.3. The Labute approximate surface area is 167 Å². The Balaban J connectivity index is 1.65. The monoisotopic (exact) mass is 407 g/mol. The Hall–Kier alpha value is -1.64. The van der Waals surface area contributed by atoms with Crippen LogP contribution in [0.2, 0.25) is 0 Å². The second kappa shape index (κ2) is 10.1. The van der Waals surface area contributed by atoms with E-state index in [0.717, 1.165) is 36.1 Å². The standard InChI is InChI=1S/C19H25N3O3S2/c1-2-25-12-11-22-15-7-3-4-8-16(15)27-19(22)20-17(23)13-26-14-18(24)21-9-5-6-10-21/h3-4,7-8H,2,5-6,9-14H2,1H3. The number of likely N-dealkylation sites (tertiary alicyclic amines) is 1. The van der Waals surface area contributed by atoms with Gasteiger partial charge in [-0.05, 0) is 31.9 Å². The molecular formula is C19H25N3O3S2. The minimum Gasteiger partial charge on any atom is -0.380 e. The van der Waals surface area contributed by atoms with Gasteiger partial charge < -0.3 is 14.2 Å². The molecular weight excluding hydrogens is 382 g/mol. The number of nitrogens with zero attached hydrogens (tertiary/aromatic N) is 3. The van der Waals surface area contributed by atoms with Gasteiger partial charge in [-0.15, -0.1) is 11.8 Å². The molecule has 1 fully saturated rings. The zero-order valence-corrected chi connectivity index (χ0v) is 17.2. The zero-order chi connectivity index (χ0) is 19.1. The Morgan fingerprint density at radius 2 is 2.00 bits per heavy atom. The minimum absolute atomic E-state index is 0.124. The minimum atomic E-state index is -0.203. The molecule has 2 aromatic rings. The lowest BCUT2D eigenvalue weighted by atomic mass is 10.3. The largest absolute Gasteiger partial charge is 0.380 e. The summed E-state index contributed by atoms with van der Waals surface area (Å²) in [5.41, 5.74) is 1.06. The van der Waals surface area contributed by atoms with Crippen LogP contribution in [0.25, 0.3) is 10.2 Å². The van der Waals surface area contributed by atoms with Crippen LogP contribution in [-0.4, -0.2) is 59.1 Å². The fraction of sp³-hybridized carbons (Fsp3) is 0.526. The van der Waals surface area contributed by atoms with Gasteiger partial charge in [0.1, 0.15) is 0 Å². The molecule has 2 heterocycles. The molecule has 0 radical (unpaired) electrons. The van der Waals surface area contributed by atoms with Crippen molar-refractivity contribution < 1.29 is 14.3 Å². The Bertz CT molecular complexity index is 853. The molecule has 1 saturated heterocycles. The highest BCUT2D eigenvalue weighted by atomic mass is 32.2. The van der Waals surface area contributed by atoms with E-state index in [4.69, 9.17) is 4.74 Å². The summed E-state index contributed by atoms with van der Waals surface area (Å²) in [5, 5.41) is 0. The summed E-state index contributed by atoms with van der Waals surface area (Å²) in [6, 6.07) is 8.03. The number of para-hydroxylation sites is 1. The number of carbonyl (C=O) groups excluding carboxylic acids is 2. The lowest BCUT2D eigenvalue weighted by molar-refractivity contribution is -0.127. The molecule has 1 aliphatic rings. The average molecular weight is 408 g/mol. The predicted molar refractivity (Wildman–Crippen MR) is 110 cm³/mol. The van der Waals surface area contributed by atoms with Gasteiger partial charge in [0.15, 0.2) is 4.80 Å². The first kappa shape index (κ1) is 20.1. The molecule has 6 nitrogen and oxygen atoms in total. The van der Waals surface area contributed by atoms with E-state index >= 15 is 0 Å². The zero-order valence-electron chi connectivity index (χ0n) is 15.6. The number of benzene rings is 1. The van der Waals surface area contributed by atoms with E-state index in [2.05, 4.69) is 4.99 Å². The first-order chi connectivity index (χ1) is 13.2. The van der Waals surface area contributed by atoms with Gasteiger partial charge in [-0.25, -0.2) is 0 Å². The third-order valence-electron chi connectivity index (χ3n) is 4.38. The molecule has 0 atom stereocenters. The SMILES string of the molecule is CCOCCn1c(=NC(=O)CSCC(=O)N2CCCC2)sc2ccccc21. The highest BCUT2D eigenvalue weighted by Crippen LogP contribution is 2.17. The van der Waals surface area contributed by atoms with E-state index in [-0.39, 0.29) is 17.6 Å². The number of aromatic nitrogens is 1. The first-order valence-electron chi connectivity index (χ1n) is 9.28. The summed E-state index contributed by atoms with van der Waals surface area (Å²) < 4.78 is 8.60. The number of hydrogen-bond donors (Lipinski definition) is 0. The summed E-state index contributed by atoms with van der Waals surface area (Å²) in [4.78, 5) is 31.2. The Morgan fingerprint density at radius 1 is 1.22 bits per heavy atom. The van der Waals surface area contributed by atoms with Gasteiger partial charge >= 0.3 is 0 Å². The highest BCUT2D eigenvalue weighted by molar-refractivity contribution is 8.00. The van der Waals surface area contributed by atoms with Gasteiger partial charge in [-0.2, -0.15) is 4.99 Å². The molecule has 1 aromatic heterocycles. The van der Waals surface area contributed by atoms with Crippen LogP contribution in [0.4, 0.5) is 0 Å². The molecule has 0 saturated carbocycles. The van der Waals surface area contributed by atoms with Gasteiger partial charge in [0.25, 0.3) is 5.91 Å². The maximum Gasteiger partial charge on any atom is 0.258 e. The van der Waals surface area contributed by atoms with Crippen LogP contribution in [-0.2, 0) is 20.9 Å². The van der Waals surface area contributed by atoms with Gasteiger partial charge in [-0.3, -0.25) is 9.59 Å². The van der Waals surface area contributed by atoms with Crippen molar-refractivity contribution in [1.82, 2.24) is 9.47 Å². The molecule has 0 unspecified atom stereocenters. The molecule has 0 spiro atoms. The number of thioether (sulfide) groups is 1. The molecule has 0 bridgehead atoms. The third-order valence-corrected chi connectivity index (χ3v) is 6.34. The number of thiazole rings is 1. The molecule has 146 valence electrons. The number of amides is 2. The summed E-state index contributed by atoms with van der Waals surface area (Å²) >= 11 is 2.85. The smallest absolute Gasteiger partial charge is 0.258 e. The van der Waals surface area contributed by atoms with Gasteiger partial charge in [0.05, 0.1) is 28.3 Å². The quantitative estimate of drug-likeness (QED) is 0.631. The highest BCUT2D eigenvalue weighted by Gasteiger charge is 2.17. The number of carbonyl (C=O) groups is 2. The van der Waals surface area contributed by atoms with Crippen molar-refractivity contribution in [3.63, 3.8) is 0 Å². The predicted octanol–water partition coefficient (Wildman–Crippen LogP) is 2.52. The van der Waals surface area contributed by atoms with Crippen molar-refractivity contribution >= 4 is 45.1 Å². The fourth-order valence-corrected chi connectivity index (χ4v) is 4.82. The van der Waals surface area contributed by atoms with E-state index in [1.807, 2.05) is 40.7 Å². The maximum absolute atomic E-state index is 12.3. The van der Waals surface area contributed by atoms with E-state index in [0.29, 0.717) is 30.3 Å². The van der Waals surface area contributed by atoms with Crippen molar-refractivity contribution in [3.05, 3.63) is 29.1 Å². The summed E-state index contributed by atoms with van der Waals surface area (Å²) in [6.07, 6.45) is 2.16. The van der Waals surface area contributed by atoms with Gasteiger partial charge in [0.2, 0.25) is 5.91 Å². The summed E-state index contributed by atoms with van der Waals surface area (Å²) in [5.74, 6) is 0.488. The second-order valence-electron chi connectivity index (χ2n) is 6.29. The van der Waals surface area contributed by atoms with E-state index in [1.54, 1.807) is 0 Å². The lowest BCUT2D eigenvalue weighted by Gasteiger charge is -2.14. The van der Waals surface area contributed by atoms with E-state index in [1.165, 1.54) is 23.1 Å². The number of hydrogen-bond acceptors (Lipinski definition) is 5. The normalized spacial score (nSPS) is 15.0. The molecule has 1 aromatic carbocycles. The van der Waals surface area contributed by atoms with Crippen molar-refractivity contribution in [3.8, 4) is 0 Å². The van der Waals surface area contributed by atoms with Crippen molar-refractivity contribution in [2.45, 2.75) is 26.3 Å². The van der Waals surface area contributed by atoms with Crippen LogP contribution < -0.4 is 4.80 Å². The van der Waals surface area contributed by atoms with Crippen LogP contribution in [0.5, 0.6) is 0 Å². The summed E-state index contributed by atoms with van der Waals surface area (Å²) in [6.45, 7) is 5.56. The van der Waals surface area contributed by atoms with Crippen LogP contribution in [0, 0.1) is 0 Å². The Kier molecular flexibility index (Phi) is 7.49. The second-order valence-corrected chi connectivity index (χ2v) is 8.28. The van der Waals surface area contributed by atoms with Crippen LogP contribution in [0.15, 0.2) is 29.3 Å². The van der Waals surface area contributed by atoms with Crippen LogP contribution in [0.1, 0.15) is 19.8 Å². The average Bonchev–Trinajstić information content (AvgIpc) is 3.30. The number of ether oxygens (including phenoxy) is 1. The number of fused-ring (bicyclic) bond motifs is 1. The Morgan fingerprint density at radius 3 is 2.78 bits per heavy atom. The third kappa shape index (κ3) is 5.43. The molecule has 2 amide bonds. The van der Waals surface area contributed by atoms with E-state index in [9.17, 15) is 9.59 Å². The van der Waals surface area contributed by atoms with Crippen LogP contribution >= 0.6 is 23.1 Å².